The fourth-order valence-electron chi connectivity index (χ4n) is 2.05. The largest absolute Gasteiger partial charge is 0.355 e. The van der Waals surface area contributed by atoms with Gasteiger partial charge in [-0.1, -0.05) is 48.5 Å². The Kier molecular flexibility index (Phi) is 2.99. The molecule has 3 rings (SSSR count). The molecule has 0 amide bonds. The van der Waals surface area contributed by atoms with Gasteiger partial charge in [0.15, 0.2) is 5.78 Å². The Labute approximate surface area is 111 Å². The van der Waals surface area contributed by atoms with Gasteiger partial charge in [0, 0.05) is 16.8 Å². The molecule has 2 nitrogen and oxygen atoms in total. The zero-order valence-electron chi connectivity index (χ0n) is 10.3. The predicted octanol–water partition coefficient (Wildman–Crippen LogP) is 4.06. The number of rotatable bonds is 3. The Morgan fingerprint density at radius 1 is 0.947 bits per heavy atom. The van der Waals surface area contributed by atoms with Gasteiger partial charge in [-0.05, 0) is 29.7 Å². The van der Waals surface area contributed by atoms with Crippen LogP contribution in [0.15, 0.2) is 66.7 Å². The van der Waals surface area contributed by atoms with Gasteiger partial charge in [-0.2, -0.15) is 0 Å². The average Bonchev–Trinajstić information content (AvgIpc) is 2.88. The number of carbonyl (C=O) groups is 1. The van der Waals surface area contributed by atoms with Crippen molar-refractivity contribution in [3.8, 4) is 0 Å². The molecule has 0 unspecified atom stereocenters. The molecule has 1 heterocycles. The number of benzene rings is 2. The molecule has 0 bridgehead atoms. The third-order valence-corrected chi connectivity index (χ3v) is 3.02. The standard InChI is InChI=1S/C17H13NO/c19-17(13-6-2-1-3-7-13)11-10-15-12-14-8-4-5-9-16(14)18-15/h1-12,18H/b11-10+. The van der Waals surface area contributed by atoms with Crippen molar-refractivity contribution < 1.29 is 4.79 Å². The van der Waals surface area contributed by atoms with Crippen molar-refractivity contribution in [2.75, 3.05) is 0 Å². The van der Waals surface area contributed by atoms with E-state index in [-0.39, 0.29) is 5.78 Å². The minimum Gasteiger partial charge on any atom is -0.355 e. The number of para-hydroxylation sites is 1. The van der Waals surface area contributed by atoms with Gasteiger partial charge in [0.25, 0.3) is 0 Å². The topological polar surface area (TPSA) is 32.9 Å². The molecule has 19 heavy (non-hydrogen) atoms. The molecule has 92 valence electrons. The van der Waals surface area contributed by atoms with Crippen LogP contribution in [-0.4, -0.2) is 10.8 Å². The first-order valence-electron chi connectivity index (χ1n) is 6.18. The molecule has 0 aliphatic rings. The molecule has 0 fully saturated rings. The van der Waals surface area contributed by atoms with Crippen LogP contribution in [0.25, 0.3) is 17.0 Å². The number of aromatic nitrogens is 1. The number of fused-ring (bicyclic) bond motifs is 1. The van der Waals surface area contributed by atoms with Crippen molar-refractivity contribution in [2.45, 2.75) is 0 Å². The van der Waals surface area contributed by atoms with E-state index in [1.54, 1.807) is 6.08 Å². The fourth-order valence-corrected chi connectivity index (χ4v) is 2.05. The van der Waals surface area contributed by atoms with Gasteiger partial charge >= 0.3 is 0 Å². The number of hydrogen-bond acceptors (Lipinski definition) is 1. The highest BCUT2D eigenvalue weighted by molar-refractivity contribution is 6.06. The van der Waals surface area contributed by atoms with E-state index in [9.17, 15) is 4.79 Å². The van der Waals surface area contributed by atoms with E-state index in [2.05, 4.69) is 4.98 Å². The molecule has 0 aliphatic heterocycles. The third kappa shape index (κ3) is 2.47. The monoisotopic (exact) mass is 247 g/mol. The summed E-state index contributed by atoms with van der Waals surface area (Å²) in [7, 11) is 0. The van der Waals surface area contributed by atoms with Crippen molar-refractivity contribution in [3.63, 3.8) is 0 Å². The number of carbonyl (C=O) groups excluding carboxylic acids is 1. The van der Waals surface area contributed by atoms with Crippen molar-refractivity contribution in [1.29, 1.82) is 0 Å². The lowest BCUT2D eigenvalue weighted by Crippen LogP contribution is -1.92. The Hall–Kier alpha value is -2.61. The first-order chi connectivity index (χ1) is 9.33. The molecule has 2 heteroatoms. The van der Waals surface area contributed by atoms with Crippen LogP contribution in [0, 0.1) is 0 Å². The third-order valence-electron chi connectivity index (χ3n) is 3.02. The Morgan fingerprint density at radius 2 is 1.68 bits per heavy atom. The SMILES string of the molecule is O=C(/C=C/c1cc2ccccc2[nH]1)c1ccccc1. The summed E-state index contributed by atoms with van der Waals surface area (Å²) < 4.78 is 0. The van der Waals surface area contributed by atoms with Gasteiger partial charge < -0.3 is 4.98 Å². The maximum absolute atomic E-state index is 11.9. The summed E-state index contributed by atoms with van der Waals surface area (Å²) in [4.78, 5) is 15.2. The quantitative estimate of drug-likeness (QED) is 0.549. The second kappa shape index (κ2) is 4.94. The molecule has 0 aliphatic carbocycles. The van der Waals surface area contributed by atoms with Crippen LogP contribution in [-0.2, 0) is 0 Å². The highest BCUT2D eigenvalue weighted by Gasteiger charge is 2.00. The van der Waals surface area contributed by atoms with Crippen LogP contribution >= 0.6 is 0 Å². The van der Waals surface area contributed by atoms with E-state index in [1.807, 2.05) is 66.7 Å². The van der Waals surface area contributed by atoms with Gasteiger partial charge in [0.05, 0.1) is 0 Å². The molecular formula is C17H13NO. The summed E-state index contributed by atoms with van der Waals surface area (Å²) in [5.74, 6) is 0.0132. The molecule has 0 radical (unpaired) electrons. The second-order valence-electron chi connectivity index (χ2n) is 4.38. The normalized spacial score (nSPS) is 11.2. The summed E-state index contributed by atoms with van der Waals surface area (Å²) in [6.07, 6.45) is 3.41. The number of ketones is 1. The van der Waals surface area contributed by atoms with Crippen molar-refractivity contribution >= 4 is 22.8 Å². The lowest BCUT2D eigenvalue weighted by atomic mass is 10.1. The molecule has 0 saturated heterocycles. The molecule has 0 saturated carbocycles. The maximum Gasteiger partial charge on any atom is 0.185 e. The molecule has 2 aromatic carbocycles. The Balaban J connectivity index is 1.84. The van der Waals surface area contributed by atoms with Gasteiger partial charge in [-0.15, -0.1) is 0 Å². The molecule has 0 spiro atoms. The minimum atomic E-state index is 0.0132. The Bertz CT molecular complexity index is 705. The second-order valence-corrected chi connectivity index (χ2v) is 4.38. The van der Waals surface area contributed by atoms with Gasteiger partial charge in [-0.3, -0.25) is 4.79 Å². The average molecular weight is 247 g/mol. The molecule has 3 aromatic rings. The number of allylic oxidation sites excluding steroid dienone is 1. The highest BCUT2D eigenvalue weighted by Crippen LogP contribution is 2.15. The maximum atomic E-state index is 11.9. The molecule has 1 N–H and O–H groups in total. The predicted molar refractivity (Wildman–Crippen MR) is 78.1 cm³/mol. The van der Waals surface area contributed by atoms with Crippen LogP contribution in [0.2, 0.25) is 0 Å². The lowest BCUT2D eigenvalue weighted by molar-refractivity contribution is 0.104. The van der Waals surface area contributed by atoms with Gasteiger partial charge in [-0.25, -0.2) is 0 Å². The number of aromatic amines is 1. The van der Waals surface area contributed by atoms with E-state index in [0.29, 0.717) is 5.56 Å². The zero-order valence-corrected chi connectivity index (χ0v) is 10.3. The number of nitrogens with one attached hydrogen (secondary N) is 1. The number of H-pyrrole nitrogens is 1. The van der Waals surface area contributed by atoms with E-state index in [0.717, 1.165) is 16.6 Å². The van der Waals surface area contributed by atoms with E-state index < -0.39 is 0 Å². The summed E-state index contributed by atoms with van der Waals surface area (Å²) >= 11 is 0. The van der Waals surface area contributed by atoms with Crippen molar-refractivity contribution in [1.82, 2.24) is 4.98 Å². The summed E-state index contributed by atoms with van der Waals surface area (Å²) in [5.41, 5.74) is 2.72. The molecule has 0 atom stereocenters. The van der Waals surface area contributed by atoms with Crippen LogP contribution in [0.3, 0.4) is 0 Å². The molecule has 1 aromatic heterocycles. The van der Waals surface area contributed by atoms with Crippen LogP contribution < -0.4 is 0 Å². The van der Waals surface area contributed by atoms with Crippen LogP contribution in [0.5, 0.6) is 0 Å². The van der Waals surface area contributed by atoms with E-state index in [1.165, 1.54) is 0 Å². The fraction of sp³-hybridized carbons (Fsp3) is 0. The summed E-state index contributed by atoms with van der Waals surface area (Å²) in [6.45, 7) is 0. The zero-order chi connectivity index (χ0) is 13.1. The van der Waals surface area contributed by atoms with E-state index >= 15 is 0 Å². The Morgan fingerprint density at radius 3 is 2.47 bits per heavy atom. The van der Waals surface area contributed by atoms with E-state index in [4.69, 9.17) is 0 Å². The number of hydrogen-bond donors (Lipinski definition) is 1. The van der Waals surface area contributed by atoms with Gasteiger partial charge in [0.2, 0.25) is 0 Å². The summed E-state index contributed by atoms with van der Waals surface area (Å²) in [5, 5.41) is 1.15. The highest BCUT2D eigenvalue weighted by atomic mass is 16.1. The lowest BCUT2D eigenvalue weighted by Gasteiger charge is -1.93. The van der Waals surface area contributed by atoms with Crippen molar-refractivity contribution in [3.05, 3.63) is 78.0 Å². The van der Waals surface area contributed by atoms with Gasteiger partial charge in [0.1, 0.15) is 0 Å². The van der Waals surface area contributed by atoms with Crippen LogP contribution in [0.1, 0.15) is 16.1 Å². The summed E-state index contributed by atoms with van der Waals surface area (Å²) in [6, 6.07) is 19.3. The smallest absolute Gasteiger partial charge is 0.185 e. The first-order valence-corrected chi connectivity index (χ1v) is 6.18. The van der Waals surface area contributed by atoms with Crippen LogP contribution in [0.4, 0.5) is 0 Å². The minimum absolute atomic E-state index is 0.0132. The van der Waals surface area contributed by atoms with Crippen molar-refractivity contribution in [2.24, 2.45) is 0 Å². The molecular weight excluding hydrogens is 234 g/mol. The first kappa shape index (κ1) is 11.5.